The second kappa shape index (κ2) is 14.4. The Kier molecular flexibility index (Phi) is 10.7. The van der Waals surface area contributed by atoms with Crippen LogP contribution >= 0.6 is 0 Å². The summed E-state index contributed by atoms with van der Waals surface area (Å²) in [6.07, 6.45) is 0.946. The molecule has 224 valence electrons. The standard InChI is InChI=1S/C33H36F4N2O3/c1-3-39(4-2)13-14-42-27-9-7-23(8-10-27)33(41)38-26-19-24(15-21-5-11-28(34)30(36)17-21)32(40)25(20-26)16-22-6-12-29(35)31(37)18-22/h5-12,17-18,24-26H,3-4,13-16,19-20H2,1-2H3,(H,38,41). The van der Waals surface area contributed by atoms with E-state index in [1.807, 2.05) is 0 Å². The molecule has 0 heterocycles. The summed E-state index contributed by atoms with van der Waals surface area (Å²) in [6, 6.07) is 13.5. The van der Waals surface area contributed by atoms with Gasteiger partial charge in [-0.15, -0.1) is 0 Å². The number of hydrogen-bond acceptors (Lipinski definition) is 4. The van der Waals surface area contributed by atoms with Crippen molar-refractivity contribution in [3.05, 3.63) is 101 Å². The first kappa shape index (κ1) is 31.2. The van der Waals surface area contributed by atoms with Gasteiger partial charge in [0.2, 0.25) is 0 Å². The van der Waals surface area contributed by atoms with E-state index in [9.17, 15) is 27.2 Å². The Morgan fingerprint density at radius 3 is 1.81 bits per heavy atom. The molecule has 0 saturated heterocycles. The van der Waals surface area contributed by atoms with Crippen molar-refractivity contribution in [2.24, 2.45) is 11.8 Å². The summed E-state index contributed by atoms with van der Waals surface area (Å²) >= 11 is 0. The fraction of sp³-hybridized carbons (Fsp3) is 0.394. The van der Waals surface area contributed by atoms with Crippen LogP contribution in [0.5, 0.6) is 5.75 Å². The molecule has 2 unspecified atom stereocenters. The first-order chi connectivity index (χ1) is 20.2. The number of nitrogens with zero attached hydrogens (tertiary/aromatic N) is 1. The molecule has 5 nitrogen and oxygen atoms in total. The van der Waals surface area contributed by atoms with E-state index in [1.54, 1.807) is 24.3 Å². The molecule has 1 N–H and O–H groups in total. The smallest absolute Gasteiger partial charge is 0.251 e. The Balaban J connectivity index is 1.45. The highest BCUT2D eigenvalue weighted by molar-refractivity contribution is 5.94. The number of rotatable bonds is 12. The van der Waals surface area contributed by atoms with Crippen molar-refractivity contribution in [3.63, 3.8) is 0 Å². The molecule has 4 rings (SSSR count). The number of ketones is 1. The number of amides is 1. The highest BCUT2D eigenvalue weighted by Gasteiger charge is 2.37. The van der Waals surface area contributed by atoms with Gasteiger partial charge in [-0.2, -0.15) is 0 Å². The molecule has 3 aromatic rings. The third kappa shape index (κ3) is 8.18. The van der Waals surface area contributed by atoms with Gasteiger partial charge in [-0.1, -0.05) is 26.0 Å². The normalized spacial score (nSPS) is 18.7. The van der Waals surface area contributed by atoms with E-state index in [0.29, 0.717) is 41.9 Å². The SMILES string of the molecule is CCN(CC)CCOc1ccc(C(=O)NC2CC(Cc3ccc(F)c(F)c3)C(=O)C(Cc3ccc(F)c(F)c3)C2)cc1. The first-order valence-electron chi connectivity index (χ1n) is 14.3. The summed E-state index contributed by atoms with van der Waals surface area (Å²) in [4.78, 5) is 28.9. The Morgan fingerprint density at radius 1 is 0.810 bits per heavy atom. The van der Waals surface area contributed by atoms with Gasteiger partial charge in [0.05, 0.1) is 0 Å². The van der Waals surface area contributed by atoms with E-state index in [2.05, 4.69) is 24.1 Å². The molecule has 0 aromatic heterocycles. The average molecular weight is 585 g/mol. The largest absolute Gasteiger partial charge is 0.492 e. The van der Waals surface area contributed by atoms with Crippen molar-refractivity contribution < 1.29 is 31.9 Å². The minimum atomic E-state index is -1.00. The Labute approximate surface area is 243 Å². The molecule has 2 atom stereocenters. The van der Waals surface area contributed by atoms with Crippen LogP contribution in [0.2, 0.25) is 0 Å². The highest BCUT2D eigenvalue weighted by atomic mass is 19.2. The van der Waals surface area contributed by atoms with Crippen molar-refractivity contribution in [2.75, 3.05) is 26.2 Å². The third-order valence-corrected chi connectivity index (χ3v) is 7.90. The van der Waals surface area contributed by atoms with Gasteiger partial charge in [0, 0.05) is 30.0 Å². The van der Waals surface area contributed by atoms with E-state index < -0.39 is 41.1 Å². The summed E-state index contributed by atoms with van der Waals surface area (Å²) < 4.78 is 60.5. The summed E-state index contributed by atoms with van der Waals surface area (Å²) in [5.41, 5.74) is 1.35. The molecule has 0 aliphatic heterocycles. The van der Waals surface area contributed by atoms with Crippen LogP contribution in [0.4, 0.5) is 17.6 Å². The van der Waals surface area contributed by atoms with Gasteiger partial charge in [0.25, 0.3) is 5.91 Å². The van der Waals surface area contributed by atoms with Crippen molar-refractivity contribution >= 4 is 11.7 Å². The Bertz CT molecular complexity index is 1310. The van der Waals surface area contributed by atoms with E-state index in [-0.39, 0.29) is 24.5 Å². The third-order valence-electron chi connectivity index (χ3n) is 7.90. The maximum atomic E-state index is 13.9. The number of Topliss-reactive ketones (excluding diaryl/α,β-unsaturated/α-hetero) is 1. The molecule has 1 amide bonds. The predicted molar refractivity (Wildman–Crippen MR) is 152 cm³/mol. The van der Waals surface area contributed by atoms with Gasteiger partial charge in [0.1, 0.15) is 18.1 Å². The molecule has 1 aliphatic carbocycles. The molecule has 42 heavy (non-hydrogen) atoms. The maximum Gasteiger partial charge on any atom is 0.251 e. The van der Waals surface area contributed by atoms with Crippen LogP contribution in [0.3, 0.4) is 0 Å². The van der Waals surface area contributed by atoms with Crippen LogP contribution in [0.15, 0.2) is 60.7 Å². The molecule has 1 aliphatic rings. The Morgan fingerprint density at radius 2 is 1.33 bits per heavy atom. The molecule has 0 radical (unpaired) electrons. The fourth-order valence-corrected chi connectivity index (χ4v) is 5.54. The number of ether oxygens (including phenoxy) is 1. The van der Waals surface area contributed by atoms with Gasteiger partial charge >= 0.3 is 0 Å². The van der Waals surface area contributed by atoms with Crippen LogP contribution in [0, 0.1) is 35.1 Å². The second-order valence-electron chi connectivity index (χ2n) is 10.7. The number of nitrogens with one attached hydrogen (secondary N) is 1. The maximum absolute atomic E-state index is 13.9. The topological polar surface area (TPSA) is 58.6 Å². The molecular weight excluding hydrogens is 548 g/mol. The van der Waals surface area contributed by atoms with Gasteiger partial charge in [-0.3, -0.25) is 9.59 Å². The zero-order valence-electron chi connectivity index (χ0n) is 23.8. The lowest BCUT2D eigenvalue weighted by molar-refractivity contribution is -0.129. The van der Waals surface area contributed by atoms with Crippen LogP contribution < -0.4 is 10.1 Å². The van der Waals surface area contributed by atoms with Gasteiger partial charge in [-0.05, 0) is 98.4 Å². The summed E-state index contributed by atoms with van der Waals surface area (Å²) in [5.74, 6) is -4.88. The molecule has 0 bridgehead atoms. The number of carbonyl (C=O) groups excluding carboxylic acids is 2. The van der Waals surface area contributed by atoms with E-state index in [1.165, 1.54) is 12.1 Å². The fourth-order valence-electron chi connectivity index (χ4n) is 5.54. The van der Waals surface area contributed by atoms with Crippen LogP contribution in [-0.2, 0) is 17.6 Å². The lowest BCUT2D eigenvalue weighted by Gasteiger charge is -2.34. The number of halogens is 4. The van der Waals surface area contributed by atoms with E-state index >= 15 is 0 Å². The monoisotopic (exact) mass is 584 g/mol. The molecule has 9 heteroatoms. The van der Waals surface area contributed by atoms with Crippen LogP contribution in [-0.4, -0.2) is 48.9 Å². The highest BCUT2D eigenvalue weighted by Crippen LogP contribution is 2.32. The van der Waals surface area contributed by atoms with Crippen LogP contribution in [0.25, 0.3) is 0 Å². The predicted octanol–water partition coefficient (Wildman–Crippen LogP) is 6.14. The van der Waals surface area contributed by atoms with Gasteiger partial charge in [0.15, 0.2) is 23.3 Å². The van der Waals surface area contributed by atoms with Crippen molar-refractivity contribution in [1.82, 2.24) is 10.2 Å². The van der Waals surface area contributed by atoms with E-state index in [4.69, 9.17) is 4.74 Å². The first-order valence-corrected chi connectivity index (χ1v) is 14.3. The summed E-state index contributed by atoms with van der Waals surface area (Å²) in [7, 11) is 0. The average Bonchev–Trinajstić information content (AvgIpc) is 2.97. The van der Waals surface area contributed by atoms with E-state index in [0.717, 1.165) is 43.9 Å². The minimum Gasteiger partial charge on any atom is -0.492 e. The minimum absolute atomic E-state index is 0.110. The van der Waals surface area contributed by atoms with Gasteiger partial charge in [-0.25, -0.2) is 17.6 Å². The van der Waals surface area contributed by atoms with Crippen molar-refractivity contribution in [2.45, 2.75) is 45.6 Å². The van der Waals surface area contributed by atoms with Gasteiger partial charge < -0.3 is 15.0 Å². The molecule has 0 spiro atoms. The molecule has 1 fully saturated rings. The zero-order chi connectivity index (χ0) is 30.2. The number of benzene rings is 3. The summed E-state index contributed by atoms with van der Waals surface area (Å²) in [5, 5.41) is 3.01. The summed E-state index contributed by atoms with van der Waals surface area (Å²) in [6.45, 7) is 7.39. The molecule has 1 saturated carbocycles. The number of hydrogen-bond donors (Lipinski definition) is 1. The van der Waals surface area contributed by atoms with Crippen LogP contribution in [0.1, 0.15) is 48.2 Å². The number of carbonyl (C=O) groups is 2. The lowest BCUT2D eigenvalue weighted by Crippen LogP contribution is -2.46. The van der Waals surface area contributed by atoms with Crippen molar-refractivity contribution in [1.29, 1.82) is 0 Å². The zero-order valence-corrected chi connectivity index (χ0v) is 23.8. The number of likely N-dealkylation sites (N-methyl/N-ethyl adjacent to an activating group) is 1. The molecule has 3 aromatic carbocycles. The quantitative estimate of drug-likeness (QED) is 0.260. The lowest BCUT2D eigenvalue weighted by atomic mass is 9.73. The van der Waals surface area contributed by atoms with Crippen molar-refractivity contribution in [3.8, 4) is 5.75 Å². The molecular formula is C33H36F4N2O3. The Hall–Kier alpha value is -3.72. The second-order valence-corrected chi connectivity index (χ2v) is 10.7.